The number of aryl methyl sites for hydroxylation is 1. The molecule has 0 saturated heterocycles. The molecule has 0 spiro atoms. The Labute approximate surface area is 162 Å². The first-order chi connectivity index (χ1) is 13.0. The first kappa shape index (κ1) is 18.9. The highest BCUT2D eigenvalue weighted by Crippen LogP contribution is 2.20. The molecule has 0 fully saturated rings. The number of nitrogens with zero attached hydrogens (tertiary/aromatic N) is 1. The zero-order valence-electron chi connectivity index (χ0n) is 14.8. The lowest BCUT2D eigenvalue weighted by Gasteiger charge is -2.09. The molecular weight excluding hydrogens is 365 g/mol. The van der Waals surface area contributed by atoms with Crippen molar-refractivity contribution < 1.29 is 9.18 Å². The standard InChI is InChI=1S/C21H19ClFN3O/c1-14-6-7-17(12-18(14)22)26-21(27)20-13-16(9-11-25-20)24-10-8-15-4-2-3-5-19(15)23/h2-7,9,11-13H,8,10H2,1H3,(H,24,25)(H,26,27). The molecule has 138 valence electrons. The summed E-state index contributed by atoms with van der Waals surface area (Å²) in [4.78, 5) is 16.5. The zero-order chi connectivity index (χ0) is 19.2. The number of nitrogens with one attached hydrogen (secondary N) is 2. The van der Waals surface area contributed by atoms with Crippen LogP contribution in [0.25, 0.3) is 0 Å². The maximum atomic E-state index is 13.6. The Morgan fingerprint density at radius 2 is 1.93 bits per heavy atom. The molecule has 2 aromatic carbocycles. The number of halogens is 2. The largest absolute Gasteiger partial charge is 0.385 e. The van der Waals surface area contributed by atoms with Crippen LogP contribution in [0.3, 0.4) is 0 Å². The van der Waals surface area contributed by atoms with Crippen LogP contribution < -0.4 is 10.6 Å². The van der Waals surface area contributed by atoms with Gasteiger partial charge in [0.2, 0.25) is 0 Å². The highest BCUT2D eigenvalue weighted by molar-refractivity contribution is 6.31. The number of hydrogen-bond acceptors (Lipinski definition) is 3. The molecule has 1 aromatic heterocycles. The molecule has 2 N–H and O–H groups in total. The minimum atomic E-state index is -0.326. The van der Waals surface area contributed by atoms with Gasteiger partial charge < -0.3 is 10.6 Å². The topological polar surface area (TPSA) is 54.0 Å². The number of amides is 1. The van der Waals surface area contributed by atoms with Crippen LogP contribution in [-0.4, -0.2) is 17.4 Å². The summed E-state index contributed by atoms with van der Waals surface area (Å²) in [6.07, 6.45) is 2.10. The Kier molecular flexibility index (Phi) is 6.04. The molecule has 0 aliphatic rings. The zero-order valence-corrected chi connectivity index (χ0v) is 15.6. The average molecular weight is 384 g/mol. The van der Waals surface area contributed by atoms with Crippen LogP contribution in [0.1, 0.15) is 21.6 Å². The number of anilines is 2. The smallest absolute Gasteiger partial charge is 0.274 e. The van der Waals surface area contributed by atoms with E-state index in [4.69, 9.17) is 11.6 Å². The fourth-order valence-electron chi connectivity index (χ4n) is 2.57. The maximum Gasteiger partial charge on any atom is 0.274 e. The Bertz CT molecular complexity index is 962. The highest BCUT2D eigenvalue weighted by atomic mass is 35.5. The molecule has 3 aromatic rings. The van der Waals surface area contributed by atoms with Crippen molar-refractivity contribution in [3.8, 4) is 0 Å². The summed E-state index contributed by atoms with van der Waals surface area (Å²) in [6.45, 7) is 2.44. The van der Waals surface area contributed by atoms with Gasteiger partial charge in [-0.1, -0.05) is 35.9 Å². The van der Waals surface area contributed by atoms with Gasteiger partial charge in [0.15, 0.2) is 0 Å². The van der Waals surface area contributed by atoms with Gasteiger partial charge in [0, 0.05) is 29.1 Å². The molecule has 0 unspecified atom stereocenters. The van der Waals surface area contributed by atoms with Gasteiger partial charge in [-0.05, 0) is 54.8 Å². The quantitative estimate of drug-likeness (QED) is 0.623. The summed E-state index contributed by atoms with van der Waals surface area (Å²) in [5, 5.41) is 6.56. The lowest BCUT2D eigenvalue weighted by atomic mass is 10.1. The van der Waals surface area contributed by atoms with Crippen molar-refractivity contribution in [1.29, 1.82) is 0 Å². The third-order valence-electron chi connectivity index (χ3n) is 4.10. The fraction of sp³-hybridized carbons (Fsp3) is 0.143. The fourth-order valence-corrected chi connectivity index (χ4v) is 2.75. The van der Waals surface area contributed by atoms with Crippen molar-refractivity contribution in [3.05, 3.63) is 88.5 Å². The lowest BCUT2D eigenvalue weighted by Crippen LogP contribution is -2.14. The van der Waals surface area contributed by atoms with E-state index in [1.807, 2.05) is 19.1 Å². The van der Waals surface area contributed by atoms with Crippen molar-refractivity contribution in [2.24, 2.45) is 0 Å². The van der Waals surface area contributed by atoms with E-state index >= 15 is 0 Å². The van der Waals surface area contributed by atoms with Crippen LogP contribution in [0.5, 0.6) is 0 Å². The normalized spacial score (nSPS) is 10.5. The molecule has 6 heteroatoms. The third-order valence-corrected chi connectivity index (χ3v) is 4.51. The van der Waals surface area contributed by atoms with Crippen LogP contribution in [0, 0.1) is 12.7 Å². The van der Waals surface area contributed by atoms with Crippen molar-refractivity contribution in [2.75, 3.05) is 17.2 Å². The van der Waals surface area contributed by atoms with Gasteiger partial charge >= 0.3 is 0 Å². The molecule has 0 bridgehead atoms. The van der Waals surface area contributed by atoms with E-state index in [-0.39, 0.29) is 17.4 Å². The summed E-state index contributed by atoms with van der Waals surface area (Å²) < 4.78 is 13.6. The molecule has 0 saturated carbocycles. The predicted octanol–water partition coefficient (Wildman–Crippen LogP) is 5.09. The molecule has 0 aliphatic heterocycles. The van der Waals surface area contributed by atoms with E-state index in [9.17, 15) is 9.18 Å². The van der Waals surface area contributed by atoms with Crippen molar-refractivity contribution in [3.63, 3.8) is 0 Å². The number of carbonyl (C=O) groups is 1. The van der Waals surface area contributed by atoms with Gasteiger partial charge in [-0.25, -0.2) is 4.39 Å². The van der Waals surface area contributed by atoms with Gasteiger partial charge in [0.05, 0.1) is 0 Å². The minimum absolute atomic E-state index is 0.217. The van der Waals surface area contributed by atoms with Gasteiger partial charge in [-0.2, -0.15) is 0 Å². The summed E-state index contributed by atoms with van der Waals surface area (Å²) >= 11 is 6.08. The first-order valence-electron chi connectivity index (χ1n) is 8.54. The summed E-state index contributed by atoms with van der Waals surface area (Å²) in [5.41, 5.74) is 3.22. The van der Waals surface area contributed by atoms with Crippen LogP contribution in [0.15, 0.2) is 60.8 Å². The van der Waals surface area contributed by atoms with Crippen LogP contribution in [0.4, 0.5) is 15.8 Å². The Balaban J connectivity index is 1.61. The highest BCUT2D eigenvalue weighted by Gasteiger charge is 2.09. The van der Waals surface area contributed by atoms with Crippen LogP contribution in [-0.2, 0) is 6.42 Å². The Hall–Kier alpha value is -2.92. The van der Waals surface area contributed by atoms with Crippen molar-refractivity contribution >= 4 is 28.9 Å². The van der Waals surface area contributed by atoms with E-state index < -0.39 is 0 Å². The number of hydrogen-bond donors (Lipinski definition) is 2. The summed E-state index contributed by atoms with van der Waals surface area (Å²) in [7, 11) is 0. The van der Waals surface area contributed by atoms with Crippen LogP contribution in [0.2, 0.25) is 5.02 Å². The van der Waals surface area contributed by atoms with E-state index in [1.54, 1.807) is 42.6 Å². The monoisotopic (exact) mass is 383 g/mol. The number of rotatable bonds is 6. The number of pyridine rings is 1. The molecule has 0 aliphatic carbocycles. The second-order valence-electron chi connectivity index (χ2n) is 6.12. The minimum Gasteiger partial charge on any atom is -0.385 e. The molecule has 3 rings (SSSR count). The molecular formula is C21H19ClFN3O. The summed E-state index contributed by atoms with van der Waals surface area (Å²) in [6, 6.07) is 15.4. The van der Waals surface area contributed by atoms with E-state index in [1.165, 1.54) is 6.07 Å². The van der Waals surface area contributed by atoms with E-state index in [0.717, 1.165) is 11.3 Å². The van der Waals surface area contributed by atoms with Gasteiger partial charge in [-0.3, -0.25) is 9.78 Å². The first-order valence-corrected chi connectivity index (χ1v) is 8.91. The lowest BCUT2D eigenvalue weighted by molar-refractivity contribution is 0.102. The van der Waals surface area contributed by atoms with E-state index in [0.29, 0.717) is 29.2 Å². The predicted molar refractivity (Wildman–Crippen MR) is 107 cm³/mol. The van der Waals surface area contributed by atoms with Crippen molar-refractivity contribution in [1.82, 2.24) is 4.98 Å². The van der Waals surface area contributed by atoms with Gasteiger partial charge in [0.25, 0.3) is 5.91 Å². The SMILES string of the molecule is Cc1ccc(NC(=O)c2cc(NCCc3ccccc3F)ccn2)cc1Cl. The number of benzene rings is 2. The van der Waals surface area contributed by atoms with Gasteiger partial charge in [0.1, 0.15) is 11.5 Å². The molecule has 4 nitrogen and oxygen atoms in total. The second-order valence-corrected chi connectivity index (χ2v) is 6.52. The average Bonchev–Trinajstić information content (AvgIpc) is 2.66. The van der Waals surface area contributed by atoms with E-state index in [2.05, 4.69) is 15.6 Å². The maximum absolute atomic E-state index is 13.6. The van der Waals surface area contributed by atoms with Crippen molar-refractivity contribution in [2.45, 2.75) is 13.3 Å². The molecule has 27 heavy (non-hydrogen) atoms. The second kappa shape index (κ2) is 8.64. The summed E-state index contributed by atoms with van der Waals surface area (Å²) in [5.74, 6) is -0.543. The number of aromatic nitrogens is 1. The molecule has 1 amide bonds. The van der Waals surface area contributed by atoms with Crippen LogP contribution >= 0.6 is 11.6 Å². The van der Waals surface area contributed by atoms with Gasteiger partial charge in [-0.15, -0.1) is 0 Å². The molecule has 1 heterocycles. The molecule has 0 atom stereocenters. The molecule has 0 radical (unpaired) electrons. The third kappa shape index (κ3) is 5.05. The number of carbonyl (C=O) groups excluding carboxylic acids is 1. The Morgan fingerprint density at radius 3 is 2.70 bits per heavy atom. The Morgan fingerprint density at radius 1 is 1.11 bits per heavy atom.